The summed E-state index contributed by atoms with van der Waals surface area (Å²) in [4.78, 5) is 14.7. The smallest absolute Gasteiger partial charge is 0.272 e. The summed E-state index contributed by atoms with van der Waals surface area (Å²) in [6.07, 6.45) is 1.67. The van der Waals surface area contributed by atoms with E-state index < -0.39 is 0 Å². The van der Waals surface area contributed by atoms with Crippen molar-refractivity contribution in [1.82, 2.24) is 10.3 Å². The molecule has 1 atom stereocenters. The van der Waals surface area contributed by atoms with Crippen LogP contribution < -0.4 is 5.32 Å². The van der Waals surface area contributed by atoms with Gasteiger partial charge in [-0.05, 0) is 26.3 Å². The predicted octanol–water partition coefficient (Wildman–Crippen LogP) is 3.05. The Hall–Kier alpha value is -2.21. The van der Waals surface area contributed by atoms with Crippen molar-refractivity contribution in [2.24, 2.45) is 0 Å². The molecule has 1 N–H and O–H groups in total. The van der Waals surface area contributed by atoms with Crippen LogP contribution in [0.5, 0.6) is 0 Å². The number of nitro benzene ring substituents is 1. The van der Waals surface area contributed by atoms with Crippen molar-refractivity contribution in [3.8, 4) is 0 Å². The second-order valence-corrected chi connectivity index (χ2v) is 4.79. The average Bonchev–Trinajstić information content (AvgIpc) is 2.84. The van der Waals surface area contributed by atoms with Crippen molar-refractivity contribution in [3.63, 3.8) is 0 Å². The summed E-state index contributed by atoms with van der Waals surface area (Å²) in [5, 5.41) is 14.1. The van der Waals surface area contributed by atoms with Gasteiger partial charge in [-0.2, -0.15) is 0 Å². The summed E-state index contributed by atoms with van der Waals surface area (Å²) in [5.74, 6) is 1.38. The highest BCUT2D eigenvalue weighted by Crippen LogP contribution is 2.20. The van der Waals surface area contributed by atoms with E-state index in [1.807, 2.05) is 19.9 Å². The molecule has 106 valence electrons. The molecule has 0 aliphatic rings. The standard InChI is InChI=1S/C14H17N3O3/c1-9-4-5-12(6-13(9)17(18)19)8-15-11(3)14-16-7-10(2)20-14/h4-7,11,15H,8H2,1-3H3. The fraction of sp³-hybridized carbons (Fsp3) is 0.357. The first kappa shape index (κ1) is 14.2. The highest BCUT2D eigenvalue weighted by atomic mass is 16.6. The van der Waals surface area contributed by atoms with Gasteiger partial charge in [-0.15, -0.1) is 0 Å². The molecule has 0 fully saturated rings. The molecule has 20 heavy (non-hydrogen) atoms. The zero-order chi connectivity index (χ0) is 14.7. The molecule has 1 unspecified atom stereocenters. The zero-order valence-corrected chi connectivity index (χ0v) is 11.7. The number of aromatic nitrogens is 1. The molecule has 0 aliphatic carbocycles. The third kappa shape index (κ3) is 3.21. The Morgan fingerprint density at radius 1 is 1.45 bits per heavy atom. The molecule has 1 heterocycles. The van der Waals surface area contributed by atoms with E-state index in [0.29, 0.717) is 18.0 Å². The first-order chi connectivity index (χ1) is 9.47. The van der Waals surface area contributed by atoms with Crippen molar-refractivity contribution in [2.45, 2.75) is 33.4 Å². The van der Waals surface area contributed by atoms with E-state index >= 15 is 0 Å². The van der Waals surface area contributed by atoms with Crippen LogP contribution >= 0.6 is 0 Å². The van der Waals surface area contributed by atoms with Crippen LogP contribution in [-0.2, 0) is 6.54 Å². The maximum atomic E-state index is 10.9. The molecular weight excluding hydrogens is 258 g/mol. The van der Waals surface area contributed by atoms with Gasteiger partial charge in [0.05, 0.1) is 17.2 Å². The van der Waals surface area contributed by atoms with E-state index in [9.17, 15) is 10.1 Å². The van der Waals surface area contributed by atoms with Crippen molar-refractivity contribution < 1.29 is 9.34 Å². The number of nitro groups is 1. The van der Waals surface area contributed by atoms with Gasteiger partial charge < -0.3 is 9.73 Å². The van der Waals surface area contributed by atoms with E-state index in [4.69, 9.17) is 4.42 Å². The normalized spacial score (nSPS) is 12.3. The van der Waals surface area contributed by atoms with Crippen LogP contribution in [0.4, 0.5) is 5.69 Å². The van der Waals surface area contributed by atoms with Crippen LogP contribution in [-0.4, -0.2) is 9.91 Å². The van der Waals surface area contributed by atoms with Crippen molar-refractivity contribution >= 4 is 5.69 Å². The van der Waals surface area contributed by atoms with Crippen LogP contribution in [0.2, 0.25) is 0 Å². The quantitative estimate of drug-likeness (QED) is 0.670. The van der Waals surface area contributed by atoms with Crippen LogP contribution in [0.25, 0.3) is 0 Å². The molecule has 1 aromatic carbocycles. The molecule has 0 bridgehead atoms. The molecule has 0 aliphatic heterocycles. The molecule has 0 spiro atoms. The number of benzene rings is 1. The highest BCUT2D eigenvalue weighted by Gasteiger charge is 2.13. The first-order valence-corrected chi connectivity index (χ1v) is 6.37. The third-order valence-corrected chi connectivity index (χ3v) is 3.09. The van der Waals surface area contributed by atoms with Crippen LogP contribution in [0.15, 0.2) is 28.8 Å². The van der Waals surface area contributed by atoms with Crippen LogP contribution in [0.3, 0.4) is 0 Å². The SMILES string of the molecule is Cc1cnc(C(C)NCc2ccc(C)c([N+](=O)[O-])c2)o1. The summed E-state index contributed by atoms with van der Waals surface area (Å²) < 4.78 is 5.43. The van der Waals surface area contributed by atoms with Crippen molar-refractivity contribution in [1.29, 1.82) is 0 Å². The Kier molecular flexibility index (Phi) is 4.14. The monoisotopic (exact) mass is 275 g/mol. The summed E-state index contributed by atoms with van der Waals surface area (Å²) in [7, 11) is 0. The van der Waals surface area contributed by atoms with Gasteiger partial charge in [0.15, 0.2) is 0 Å². The Morgan fingerprint density at radius 3 is 2.80 bits per heavy atom. The van der Waals surface area contributed by atoms with Crippen LogP contribution in [0.1, 0.15) is 35.7 Å². The molecule has 0 amide bonds. The minimum atomic E-state index is -0.361. The highest BCUT2D eigenvalue weighted by molar-refractivity contribution is 5.42. The van der Waals surface area contributed by atoms with E-state index in [-0.39, 0.29) is 16.7 Å². The Bertz CT molecular complexity index is 622. The summed E-state index contributed by atoms with van der Waals surface area (Å²) >= 11 is 0. The van der Waals surface area contributed by atoms with Gasteiger partial charge in [0.2, 0.25) is 5.89 Å². The molecule has 2 rings (SSSR count). The van der Waals surface area contributed by atoms with Gasteiger partial charge in [0, 0.05) is 18.2 Å². The second kappa shape index (κ2) is 5.83. The lowest BCUT2D eigenvalue weighted by molar-refractivity contribution is -0.385. The molecule has 0 saturated carbocycles. The zero-order valence-electron chi connectivity index (χ0n) is 11.7. The predicted molar refractivity (Wildman–Crippen MR) is 74.3 cm³/mol. The second-order valence-electron chi connectivity index (χ2n) is 4.79. The van der Waals surface area contributed by atoms with Gasteiger partial charge in [-0.1, -0.05) is 12.1 Å². The molecule has 6 nitrogen and oxygen atoms in total. The molecule has 6 heteroatoms. The van der Waals surface area contributed by atoms with E-state index in [1.165, 1.54) is 0 Å². The number of nitrogens with zero attached hydrogens (tertiary/aromatic N) is 2. The largest absolute Gasteiger partial charge is 0.444 e. The topological polar surface area (TPSA) is 81.2 Å². The molecule has 0 radical (unpaired) electrons. The third-order valence-electron chi connectivity index (χ3n) is 3.09. The van der Waals surface area contributed by atoms with E-state index in [2.05, 4.69) is 10.3 Å². The summed E-state index contributed by atoms with van der Waals surface area (Å²) in [5.41, 5.74) is 1.66. The van der Waals surface area contributed by atoms with Crippen LogP contribution in [0, 0.1) is 24.0 Å². The molecular formula is C14H17N3O3. The molecule has 0 saturated heterocycles. The number of aryl methyl sites for hydroxylation is 2. The van der Waals surface area contributed by atoms with Gasteiger partial charge in [0.1, 0.15) is 5.76 Å². The number of hydrogen-bond donors (Lipinski definition) is 1. The minimum absolute atomic E-state index is 0.0518. The number of oxazole rings is 1. The Balaban J connectivity index is 2.04. The first-order valence-electron chi connectivity index (χ1n) is 6.37. The maximum absolute atomic E-state index is 10.9. The fourth-order valence-corrected chi connectivity index (χ4v) is 1.89. The van der Waals surface area contributed by atoms with Gasteiger partial charge in [-0.3, -0.25) is 10.1 Å². The Labute approximate surface area is 117 Å². The van der Waals surface area contributed by atoms with E-state index in [0.717, 1.165) is 11.3 Å². The van der Waals surface area contributed by atoms with Crippen molar-refractivity contribution in [3.05, 3.63) is 57.3 Å². The van der Waals surface area contributed by atoms with Crippen molar-refractivity contribution in [2.75, 3.05) is 0 Å². The lowest BCUT2D eigenvalue weighted by Gasteiger charge is -2.10. The summed E-state index contributed by atoms with van der Waals surface area (Å²) in [6, 6.07) is 5.18. The van der Waals surface area contributed by atoms with E-state index in [1.54, 1.807) is 25.3 Å². The molecule has 2 aromatic rings. The number of hydrogen-bond acceptors (Lipinski definition) is 5. The minimum Gasteiger partial charge on any atom is -0.444 e. The van der Waals surface area contributed by atoms with Gasteiger partial charge in [0.25, 0.3) is 5.69 Å². The molecule has 1 aromatic heterocycles. The summed E-state index contributed by atoms with van der Waals surface area (Å²) in [6.45, 7) is 6.03. The average molecular weight is 275 g/mol. The Morgan fingerprint density at radius 2 is 2.20 bits per heavy atom. The number of rotatable bonds is 5. The lowest BCUT2D eigenvalue weighted by Crippen LogP contribution is -2.18. The van der Waals surface area contributed by atoms with Gasteiger partial charge in [-0.25, -0.2) is 4.98 Å². The number of nitrogens with one attached hydrogen (secondary N) is 1. The maximum Gasteiger partial charge on any atom is 0.272 e. The van der Waals surface area contributed by atoms with Gasteiger partial charge >= 0.3 is 0 Å². The lowest BCUT2D eigenvalue weighted by atomic mass is 10.1. The fourth-order valence-electron chi connectivity index (χ4n) is 1.89.